The van der Waals surface area contributed by atoms with Gasteiger partial charge in [-0.05, 0) is 36.6 Å². The molecule has 0 spiro atoms. The number of amides is 1. The van der Waals surface area contributed by atoms with Crippen LogP contribution in [0.1, 0.15) is 20.3 Å². The number of thioether (sulfide) groups is 1. The van der Waals surface area contributed by atoms with E-state index >= 15 is 0 Å². The van der Waals surface area contributed by atoms with Gasteiger partial charge in [0.05, 0.1) is 36.7 Å². The second-order valence-electron chi connectivity index (χ2n) is 7.12. The number of rotatable bonds is 9. The minimum Gasteiger partial charge on any atom is -0.497 e. The highest BCUT2D eigenvalue weighted by atomic mass is 32.2. The predicted octanol–water partition coefficient (Wildman–Crippen LogP) is 4.83. The zero-order valence-electron chi connectivity index (χ0n) is 17.3. The van der Waals surface area contributed by atoms with Crippen molar-refractivity contribution in [1.29, 1.82) is 0 Å². The van der Waals surface area contributed by atoms with Gasteiger partial charge < -0.3 is 19.4 Å². The first-order valence-electron chi connectivity index (χ1n) is 9.61. The van der Waals surface area contributed by atoms with Crippen LogP contribution in [-0.4, -0.2) is 35.4 Å². The van der Waals surface area contributed by atoms with Crippen LogP contribution >= 0.6 is 11.8 Å². The van der Waals surface area contributed by atoms with Gasteiger partial charge in [-0.2, -0.15) is 0 Å². The number of methoxy groups -OCH3 is 2. The summed E-state index contributed by atoms with van der Waals surface area (Å²) >= 11 is 1.45. The van der Waals surface area contributed by atoms with Crippen LogP contribution in [0, 0.1) is 5.92 Å². The van der Waals surface area contributed by atoms with E-state index in [0.29, 0.717) is 23.1 Å². The molecule has 1 aromatic heterocycles. The number of hydrogen-bond donors (Lipinski definition) is 1. The fourth-order valence-electron chi connectivity index (χ4n) is 2.99. The summed E-state index contributed by atoms with van der Waals surface area (Å²) in [6, 6.07) is 13.4. The van der Waals surface area contributed by atoms with Gasteiger partial charge in [-0.15, -0.1) is 0 Å². The number of anilines is 1. The van der Waals surface area contributed by atoms with Crippen molar-refractivity contribution < 1.29 is 14.3 Å². The summed E-state index contributed by atoms with van der Waals surface area (Å²) in [6.07, 6.45) is 1.06. The minimum absolute atomic E-state index is 0.110. The number of aromatic nitrogens is 2. The van der Waals surface area contributed by atoms with Crippen LogP contribution < -0.4 is 14.8 Å². The van der Waals surface area contributed by atoms with Crippen molar-refractivity contribution in [2.45, 2.75) is 32.0 Å². The molecule has 1 heterocycles. The molecule has 0 bridgehead atoms. The zero-order valence-corrected chi connectivity index (χ0v) is 18.1. The lowest BCUT2D eigenvalue weighted by atomic mass is 10.1. The number of hydrogen-bond acceptors (Lipinski definition) is 5. The van der Waals surface area contributed by atoms with Crippen LogP contribution in [-0.2, 0) is 11.3 Å². The maximum Gasteiger partial charge on any atom is 0.234 e. The van der Waals surface area contributed by atoms with E-state index in [1.54, 1.807) is 32.4 Å². The van der Waals surface area contributed by atoms with E-state index in [2.05, 4.69) is 29.8 Å². The van der Waals surface area contributed by atoms with Gasteiger partial charge in [-0.3, -0.25) is 4.79 Å². The Kier molecular flexibility index (Phi) is 7.04. The first-order chi connectivity index (χ1) is 14.0. The van der Waals surface area contributed by atoms with Gasteiger partial charge in [0.15, 0.2) is 5.16 Å². The number of para-hydroxylation sites is 2. The van der Waals surface area contributed by atoms with Gasteiger partial charge in [0.1, 0.15) is 11.5 Å². The molecule has 1 amide bonds. The van der Waals surface area contributed by atoms with E-state index in [4.69, 9.17) is 14.5 Å². The first kappa shape index (κ1) is 21.0. The third kappa shape index (κ3) is 5.23. The van der Waals surface area contributed by atoms with Crippen LogP contribution in [0.15, 0.2) is 47.6 Å². The fraction of sp³-hybridized carbons (Fsp3) is 0.364. The maximum atomic E-state index is 12.5. The first-order valence-corrected chi connectivity index (χ1v) is 10.6. The Morgan fingerprint density at radius 3 is 2.69 bits per heavy atom. The molecule has 154 valence electrons. The van der Waals surface area contributed by atoms with Crippen molar-refractivity contribution >= 4 is 34.4 Å². The van der Waals surface area contributed by atoms with Crippen molar-refractivity contribution in [2.24, 2.45) is 5.92 Å². The van der Waals surface area contributed by atoms with Crippen molar-refractivity contribution in [3.8, 4) is 11.5 Å². The molecule has 1 N–H and O–H groups in total. The SMILES string of the molecule is COc1ccc(NC(=O)CSc2nc3ccccc3n2CCC(C)C)c(OC)c1. The lowest BCUT2D eigenvalue weighted by Crippen LogP contribution is -2.15. The Morgan fingerprint density at radius 2 is 1.97 bits per heavy atom. The highest BCUT2D eigenvalue weighted by Gasteiger charge is 2.14. The maximum absolute atomic E-state index is 12.5. The molecule has 29 heavy (non-hydrogen) atoms. The predicted molar refractivity (Wildman–Crippen MR) is 118 cm³/mol. The summed E-state index contributed by atoms with van der Waals surface area (Å²) in [5.74, 6) is 1.99. The fourth-order valence-corrected chi connectivity index (χ4v) is 3.83. The number of nitrogens with one attached hydrogen (secondary N) is 1. The largest absolute Gasteiger partial charge is 0.497 e. The van der Waals surface area contributed by atoms with E-state index in [1.807, 2.05) is 18.2 Å². The molecule has 0 aliphatic rings. The number of carbonyl (C=O) groups excluding carboxylic acids is 1. The summed E-state index contributed by atoms with van der Waals surface area (Å²) < 4.78 is 12.8. The Hall–Kier alpha value is -2.67. The van der Waals surface area contributed by atoms with E-state index in [9.17, 15) is 4.79 Å². The van der Waals surface area contributed by atoms with E-state index < -0.39 is 0 Å². The highest BCUT2D eigenvalue weighted by Crippen LogP contribution is 2.30. The van der Waals surface area contributed by atoms with Crippen molar-refractivity contribution in [3.63, 3.8) is 0 Å². The Balaban J connectivity index is 1.71. The van der Waals surface area contributed by atoms with Crippen LogP contribution in [0.3, 0.4) is 0 Å². The normalized spacial score (nSPS) is 11.1. The molecule has 6 nitrogen and oxygen atoms in total. The second-order valence-corrected chi connectivity index (χ2v) is 8.06. The van der Waals surface area contributed by atoms with E-state index in [1.165, 1.54) is 11.8 Å². The van der Waals surface area contributed by atoms with Crippen molar-refractivity contribution in [2.75, 3.05) is 25.3 Å². The minimum atomic E-state index is -0.110. The van der Waals surface area contributed by atoms with Gasteiger partial charge in [-0.25, -0.2) is 4.98 Å². The smallest absolute Gasteiger partial charge is 0.234 e. The van der Waals surface area contributed by atoms with Gasteiger partial charge >= 0.3 is 0 Å². The monoisotopic (exact) mass is 413 g/mol. The molecule has 0 radical (unpaired) electrons. The number of carbonyl (C=O) groups is 1. The van der Waals surface area contributed by atoms with Crippen LogP contribution in [0.4, 0.5) is 5.69 Å². The number of fused-ring (bicyclic) bond motifs is 1. The lowest BCUT2D eigenvalue weighted by Gasteiger charge is -2.12. The molecule has 0 atom stereocenters. The molecule has 0 aliphatic heterocycles. The number of imidazole rings is 1. The summed E-state index contributed by atoms with van der Waals surface area (Å²) in [7, 11) is 3.16. The summed E-state index contributed by atoms with van der Waals surface area (Å²) in [4.78, 5) is 17.3. The lowest BCUT2D eigenvalue weighted by molar-refractivity contribution is -0.113. The number of nitrogens with zero attached hydrogens (tertiary/aromatic N) is 2. The van der Waals surface area contributed by atoms with Crippen molar-refractivity contribution in [3.05, 3.63) is 42.5 Å². The van der Waals surface area contributed by atoms with Crippen molar-refractivity contribution in [1.82, 2.24) is 9.55 Å². The van der Waals surface area contributed by atoms with Gasteiger partial charge in [0, 0.05) is 12.6 Å². The molecule has 3 aromatic rings. The topological polar surface area (TPSA) is 65.4 Å². The second kappa shape index (κ2) is 9.69. The van der Waals surface area contributed by atoms with E-state index in [0.717, 1.165) is 29.2 Å². The standard InChI is InChI=1S/C22H27N3O3S/c1-15(2)11-12-25-19-8-6-5-7-17(19)24-22(25)29-14-21(26)23-18-10-9-16(27-3)13-20(18)28-4/h5-10,13,15H,11-12,14H2,1-4H3,(H,23,26). The molecule has 0 saturated carbocycles. The zero-order chi connectivity index (χ0) is 20.8. The number of benzene rings is 2. The Morgan fingerprint density at radius 1 is 1.17 bits per heavy atom. The van der Waals surface area contributed by atoms with Gasteiger partial charge in [0.2, 0.25) is 5.91 Å². The van der Waals surface area contributed by atoms with Crippen LogP contribution in [0.5, 0.6) is 11.5 Å². The molecule has 3 rings (SSSR count). The summed E-state index contributed by atoms with van der Waals surface area (Å²) in [5, 5.41) is 3.77. The summed E-state index contributed by atoms with van der Waals surface area (Å²) in [6.45, 7) is 5.30. The number of ether oxygens (including phenoxy) is 2. The Labute approximate surface area is 175 Å². The molecule has 7 heteroatoms. The summed E-state index contributed by atoms with van der Waals surface area (Å²) in [5.41, 5.74) is 2.68. The van der Waals surface area contributed by atoms with Crippen LogP contribution in [0.2, 0.25) is 0 Å². The molecule has 2 aromatic carbocycles. The average Bonchev–Trinajstić information content (AvgIpc) is 3.08. The number of aryl methyl sites for hydroxylation is 1. The quantitative estimate of drug-likeness (QED) is 0.509. The van der Waals surface area contributed by atoms with Crippen LogP contribution in [0.25, 0.3) is 11.0 Å². The molecule has 0 fully saturated rings. The van der Waals surface area contributed by atoms with E-state index in [-0.39, 0.29) is 11.7 Å². The molecule has 0 aliphatic carbocycles. The third-order valence-corrected chi connectivity index (χ3v) is 5.54. The third-order valence-electron chi connectivity index (χ3n) is 4.56. The molecular weight excluding hydrogens is 386 g/mol. The van der Waals surface area contributed by atoms with Gasteiger partial charge in [-0.1, -0.05) is 37.7 Å². The molecular formula is C22H27N3O3S. The molecule has 0 saturated heterocycles. The average molecular weight is 414 g/mol. The van der Waals surface area contributed by atoms with Gasteiger partial charge in [0.25, 0.3) is 0 Å². The Bertz CT molecular complexity index is 985. The highest BCUT2D eigenvalue weighted by molar-refractivity contribution is 7.99. The molecule has 0 unspecified atom stereocenters.